The molecule has 3 heteroatoms. The predicted octanol–water partition coefficient (Wildman–Crippen LogP) is 6.16. The van der Waals surface area contributed by atoms with Gasteiger partial charge in [-0.15, -0.1) is 0 Å². The van der Waals surface area contributed by atoms with Gasteiger partial charge in [0.25, 0.3) is 0 Å². The molecule has 0 spiro atoms. The number of benzene rings is 3. The van der Waals surface area contributed by atoms with Gasteiger partial charge in [0.2, 0.25) is 0 Å². The molecule has 0 heterocycles. The fourth-order valence-electron chi connectivity index (χ4n) is 4.59. The maximum absolute atomic E-state index is 6.86. The van der Waals surface area contributed by atoms with Gasteiger partial charge in [-0.2, -0.15) is 0 Å². The second kappa shape index (κ2) is 7.90. The van der Waals surface area contributed by atoms with Crippen LogP contribution in [0.4, 0.5) is 0 Å². The monoisotopic (exact) mass is 402 g/mol. The zero-order chi connectivity index (χ0) is 20.5. The van der Waals surface area contributed by atoms with E-state index in [1.54, 1.807) is 7.11 Å². The Hall–Kier alpha value is -2.20. The summed E-state index contributed by atoms with van der Waals surface area (Å²) in [6.07, 6.45) is 0. The van der Waals surface area contributed by atoms with Crippen LogP contribution in [0.1, 0.15) is 29.2 Å². The summed E-state index contributed by atoms with van der Waals surface area (Å²) < 4.78 is 12.6. The number of ether oxygens (including phenoxy) is 1. The fourth-order valence-corrected chi connectivity index (χ4v) is 6.46. The first kappa shape index (κ1) is 20.1. The lowest BCUT2D eigenvalue weighted by Crippen LogP contribution is -2.44. The molecule has 3 aromatic rings. The molecule has 0 N–H and O–H groups in total. The van der Waals surface area contributed by atoms with Gasteiger partial charge < -0.3 is 9.16 Å². The first-order chi connectivity index (χ1) is 14.0. The highest BCUT2D eigenvalue weighted by molar-refractivity contribution is 6.72. The van der Waals surface area contributed by atoms with Crippen molar-refractivity contribution in [1.82, 2.24) is 0 Å². The Labute approximate surface area is 175 Å². The van der Waals surface area contributed by atoms with Crippen molar-refractivity contribution in [3.8, 4) is 11.1 Å². The summed E-state index contributed by atoms with van der Waals surface area (Å²) in [4.78, 5) is 0. The van der Waals surface area contributed by atoms with Crippen LogP contribution in [0.2, 0.25) is 13.1 Å². The van der Waals surface area contributed by atoms with Crippen LogP contribution in [-0.4, -0.2) is 28.6 Å². The number of hydrogen-bond donors (Lipinski definition) is 0. The zero-order valence-corrected chi connectivity index (χ0v) is 18.8. The van der Waals surface area contributed by atoms with E-state index in [1.165, 1.54) is 27.8 Å². The van der Waals surface area contributed by atoms with Crippen LogP contribution in [0.3, 0.4) is 0 Å². The second-order valence-corrected chi connectivity index (χ2v) is 13.0. The van der Waals surface area contributed by atoms with E-state index in [4.69, 9.17) is 9.16 Å². The summed E-state index contributed by atoms with van der Waals surface area (Å²) >= 11 is 0. The second-order valence-electron chi connectivity index (χ2n) is 8.63. The van der Waals surface area contributed by atoms with Gasteiger partial charge in [-0.1, -0.05) is 85.8 Å². The molecule has 1 atom stereocenters. The number of fused-ring (bicyclic) bond motifs is 3. The Bertz CT molecular complexity index is 935. The van der Waals surface area contributed by atoms with E-state index in [0.29, 0.717) is 18.8 Å². The molecule has 0 aromatic heterocycles. The lowest BCUT2D eigenvalue weighted by molar-refractivity contribution is 0.111. The molecule has 0 amide bonds. The van der Waals surface area contributed by atoms with Gasteiger partial charge in [-0.05, 0) is 46.5 Å². The van der Waals surface area contributed by atoms with Crippen molar-refractivity contribution < 1.29 is 9.16 Å². The largest absolute Gasteiger partial charge is 0.415 e. The Morgan fingerprint density at radius 1 is 0.759 bits per heavy atom. The van der Waals surface area contributed by atoms with Crippen LogP contribution in [0.5, 0.6) is 0 Å². The molecule has 2 nitrogen and oxygen atoms in total. The molecule has 0 aliphatic heterocycles. The third kappa shape index (κ3) is 3.48. The van der Waals surface area contributed by atoms with Crippen LogP contribution in [0.15, 0.2) is 78.9 Å². The summed E-state index contributed by atoms with van der Waals surface area (Å²) in [6.45, 7) is 8.23. The first-order valence-corrected chi connectivity index (χ1v) is 13.4. The van der Waals surface area contributed by atoms with Crippen molar-refractivity contribution in [2.45, 2.75) is 31.0 Å². The van der Waals surface area contributed by atoms with Gasteiger partial charge >= 0.3 is 0 Å². The summed E-state index contributed by atoms with van der Waals surface area (Å²) in [5.74, 6) is 0. The van der Waals surface area contributed by atoms with E-state index in [2.05, 4.69) is 98.9 Å². The first-order valence-electron chi connectivity index (χ1n) is 10.4. The van der Waals surface area contributed by atoms with Gasteiger partial charge in [0.1, 0.15) is 0 Å². The standard InChI is InChI=1S/C26H30O2Si/c1-20(21-12-6-5-7-13-21)29(3,4)28-19-26(18-27-2)24-16-10-8-14-22(24)23-15-9-11-17-25(23)26/h5-17,20H,18-19H2,1-4H3. The summed E-state index contributed by atoms with van der Waals surface area (Å²) in [7, 11) is -0.197. The van der Waals surface area contributed by atoms with E-state index < -0.39 is 8.32 Å². The Morgan fingerprint density at radius 3 is 1.83 bits per heavy atom. The van der Waals surface area contributed by atoms with Gasteiger partial charge in [0.15, 0.2) is 8.32 Å². The Balaban J connectivity index is 1.70. The van der Waals surface area contributed by atoms with Crippen LogP contribution >= 0.6 is 0 Å². The summed E-state index contributed by atoms with van der Waals surface area (Å²) in [5, 5.41) is 0. The smallest absolute Gasteiger partial charge is 0.193 e. The molecule has 1 unspecified atom stereocenters. The zero-order valence-electron chi connectivity index (χ0n) is 17.8. The van der Waals surface area contributed by atoms with E-state index in [9.17, 15) is 0 Å². The predicted molar refractivity (Wildman–Crippen MR) is 123 cm³/mol. The molecule has 0 radical (unpaired) electrons. The highest BCUT2D eigenvalue weighted by Gasteiger charge is 2.45. The van der Waals surface area contributed by atoms with Crippen LogP contribution in [0, 0.1) is 0 Å². The molecule has 3 aromatic carbocycles. The summed E-state index contributed by atoms with van der Waals surface area (Å²) in [5.41, 5.74) is 6.76. The molecule has 4 rings (SSSR count). The minimum atomic E-state index is -1.99. The van der Waals surface area contributed by atoms with Gasteiger partial charge in [-0.25, -0.2) is 0 Å². The summed E-state index contributed by atoms with van der Waals surface area (Å²) in [6, 6.07) is 28.2. The lowest BCUT2D eigenvalue weighted by Gasteiger charge is -2.37. The van der Waals surface area contributed by atoms with Crippen LogP contribution in [-0.2, 0) is 14.6 Å². The van der Waals surface area contributed by atoms with Crippen molar-refractivity contribution in [2.24, 2.45) is 0 Å². The maximum atomic E-state index is 6.86. The molecule has 0 saturated heterocycles. The highest BCUT2D eigenvalue weighted by atomic mass is 28.4. The normalized spacial score (nSPS) is 15.6. The van der Waals surface area contributed by atoms with E-state index in [-0.39, 0.29) is 5.41 Å². The fraction of sp³-hybridized carbons (Fsp3) is 0.308. The highest BCUT2D eigenvalue weighted by Crippen LogP contribution is 2.49. The van der Waals surface area contributed by atoms with Crippen molar-refractivity contribution in [3.63, 3.8) is 0 Å². The molecule has 0 saturated carbocycles. The molecule has 0 fully saturated rings. The minimum absolute atomic E-state index is 0.261. The molecule has 0 bridgehead atoms. The third-order valence-corrected chi connectivity index (χ3v) is 9.91. The average Bonchev–Trinajstić information content (AvgIpc) is 3.03. The average molecular weight is 403 g/mol. The van der Waals surface area contributed by atoms with Gasteiger partial charge in [0, 0.05) is 13.7 Å². The van der Waals surface area contributed by atoms with Crippen molar-refractivity contribution in [1.29, 1.82) is 0 Å². The molecular weight excluding hydrogens is 372 g/mol. The van der Waals surface area contributed by atoms with Crippen molar-refractivity contribution >= 4 is 8.32 Å². The molecule has 1 aliphatic rings. The molecule has 1 aliphatic carbocycles. The SMILES string of the molecule is COCC1(CO[Si](C)(C)C(C)c2ccccc2)c2ccccc2-c2ccccc21. The van der Waals surface area contributed by atoms with E-state index >= 15 is 0 Å². The third-order valence-electron chi connectivity index (χ3n) is 6.60. The van der Waals surface area contributed by atoms with Crippen LogP contribution < -0.4 is 0 Å². The molecule has 150 valence electrons. The van der Waals surface area contributed by atoms with Crippen molar-refractivity contribution in [3.05, 3.63) is 95.6 Å². The van der Waals surface area contributed by atoms with E-state index in [1.807, 2.05) is 0 Å². The van der Waals surface area contributed by atoms with Crippen LogP contribution in [0.25, 0.3) is 11.1 Å². The Morgan fingerprint density at radius 2 is 1.28 bits per heavy atom. The van der Waals surface area contributed by atoms with E-state index in [0.717, 1.165) is 0 Å². The van der Waals surface area contributed by atoms with Gasteiger partial charge in [0.05, 0.1) is 12.0 Å². The Kier molecular flexibility index (Phi) is 5.47. The lowest BCUT2D eigenvalue weighted by atomic mass is 9.80. The number of methoxy groups -OCH3 is 1. The topological polar surface area (TPSA) is 18.5 Å². The quantitative estimate of drug-likeness (QED) is 0.440. The number of hydrogen-bond acceptors (Lipinski definition) is 2. The number of rotatable bonds is 7. The maximum Gasteiger partial charge on any atom is 0.193 e. The minimum Gasteiger partial charge on any atom is -0.415 e. The van der Waals surface area contributed by atoms with Crippen molar-refractivity contribution in [2.75, 3.05) is 20.3 Å². The molecule has 29 heavy (non-hydrogen) atoms. The van der Waals surface area contributed by atoms with Gasteiger partial charge in [-0.3, -0.25) is 0 Å². The molecular formula is C26H30O2Si.